The van der Waals surface area contributed by atoms with E-state index in [1.54, 1.807) is 22.7 Å². The highest BCUT2D eigenvalue weighted by Crippen LogP contribution is 2.40. The van der Waals surface area contributed by atoms with Crippen molar-refractivity contribution in [1.29, 1.82) is 0 Å². The van der Waals surface area contributed by atoms with Crippen molar-refractivity contribution in [2.75, 3.05) is 13.1 Å². The summed E-state index contributed by atoms with van der Waals surface area (Å²) in [7, 11) is 0. The molecule has 1 aliphatic rings. The lowest BCUT2D eigenvalue weighted by atomic mass is 10.0. The number of halogens is 3. The predicted octanol–water partition coefficient (Wildman–Crippen LogP) is 2.33. The predicted molar refractivity (Wildman–Crippen MR) is 77.0 cm³/mol. The Labute approximate surface area is 131 Å². The summed E-state index contributed by atoms with van der Waals surface area (Å²) in [5, 5.41) is 17.8. The van der Waals surface area contributed by atoms with Crippen molar-refractivity contribution in [3.63, 3.8) is 0 Å². The fourth-order valence-corrected chi connectivity index (χ4v) is 2.75. The zero-order chi connectivity index (χ0) is 16.7. The number of aromatic nitrogens is 3. The van der Waals surface area contributed by atoms with Gasteiger partial charge in [0.15, 0.2) is 5.60 Å². The van der Waals surface area contributed by atoms with Crippen LogP contribution in [0.2, 0.25) is 0 Å². The van der Waals surface area contributed by atoms with Gasteiger partial charge in [-0.1, -0.05) is 23.4 Å². The molecule has 2 atom stereocenters. The minimum atomic E-state index is -4.62. The standard InChI is InChI=1S/C15H17F3N4O/c1-11(21-8-7-14(23,10-21)15(16,17)18)13-9-22(20-19-13)12-5-3-2-4-6-12/h2-6,9,11,23H,7-8,10H2,1H3/t11-,14+/m0/s1. The van der Waals surface area contributed by atoms with Crippen molar-refractivity contribution >= 4 is 0 Å². The number of aliphatic hydroxyl groups is 1. The van der Waals surface area contributed by atoms with Crippen LogP contribution in [0.5, 0.6) is 0 Å². The smallest absolute Gasteiger partial charge is 0.379 e. The van der Waals surface area contributed by atoms with Gasteiger partial charge >= 0.3 is 6.18 Å². The number of hydrogen-bond donors (Lipinski definition) is 1. The lowest BCUT2D eigenvalue weighted by molar-refractivity contribution is -0.254. The molecule has 0 aliphatic carbocycles. The molecule has 3 rings (SSSR count). The van der Waals surface area contributed by atoms with E-state index in [9.17, 15) is 18.3 Å². The van der Waals surface area contributed by atoms with Crippen molar-refractivity contribution in [2.45, 2.75) is 31.2 Å². The van der Waals surface area contributed by atoms with Crippen LogP contribution in [0.3, 0.4) is 0 Å². The van der Waals surface area contributed by atoms with E-state index in [-0.39, 0.29) is 19.0 Å². The summed E-state index contributed by atoms with van der Waals surface area (Å²) >= 11 is 0. The number of alkyl halides is 3. The van der Waals surface area contributed by atoms with Crippen LogP contribution in [-0.2, 0) is 0 Å². The second-order valence-corrected chi connectivity index (χ2v) is 5.85. The molecule has 23 heavy (non-hydrogen) atoms. The quantitative estimate of drug-likeness (QED) is 0.940. The molecule has 8 heteroatoms. The molecule has 2 aromatic rings. The maximum Gasteiger partial charge on any atom is 0.418 e. The Morgan fingerprint density at radius 2 is 1.96 bits per heavy atom. The van der Waals surface area contributed by atoms with Crippen molar-refractivity contribution in [1.82, 2.24) is 19.9 Å². The Morgan fingerprint density at radius 3 is 2.57 bits per heavy atom. The number of benzene rings is 1. The second kappa shape index (κ2) is 5.61. The lowest BCUT2D eigenvalue weighted by Gasteiger charge is -2.27. The van der Waals surface area contributed by atoms with Gasteiger partial charge in [0.2, 0.25) is 0 Å². The topological polar surface area (TPSA) is 54.2 Å². The summed E-state index contributed by atoms with van der Waals surface area (Å²) in [6.07, 6.45) is -3.25. The summed E-state index contributed by atoms with van der Waals surface area (Å²) in [5.41, 5.74) is -1.25. The third kappa shape index (κ3) is 2.96. The number of rotatable bonds is 3. The van der Waals surface area contributed by atoms with Crippen LogP contribution in [-0.4, -0.2) is 49.9 Å². The first kappa shape index (κ1) is 15.9. The van der Waals surface area contributed by atoms with E-state index >= 15 is 0 Å². The summed E-state index contributed by atoms with van der Waals surface area (Å²) in [6.45, 7) is 1.48. The van der Waals surface area contributed by atoms with Crippen LogP contribution < -0.4 is 0 Å². The molecule has 2 heterocycles. The highest BCUT2D eigenvalue weighted by Gasteiger charge is 2.57. The molecule has 1 fully saturated rings. The molecule has 1 saturated heterocycles. The highest BCUT2D eigenvalue weighted by molar-refractivity contribution is 5.30. The van der Waals surface area contributed by atoms with E-state index < -0.39 is 18.3 Å². The summed E-state index contributed by atoms with van der Waals surface area (Å²) in [6, 6.07) is 8.98. The Morgan fingerprint density at radius 1 is 1.26 bits per heavy atom. The normalized spacial score (nSPS) is 24.0. The van der Waals surface area contributed by atoms with Gasteiger partial charge in [-0.15, -0.1) is 5.10 Å². The minimum Gasteiger partial charge on any atom is -0.379 e. The largest absolute Gasteiger partial charge is 0.418 e. The summed E-state index contributed by atoms with van der Waals surface area (Å²) in [5.74, 6) is 0. The minimum absolute atomic E-state index is 0.162. The molecule has 0 bridgehead atoms. The van der Waals surface area contributed by atoms with Gasteiger partial charge in [0.25, 0.3) is 0 Å². The number of hydrogen-bond acceptors (Lipinski definition) is 4. The lowest BCUT2D eigenvalue weighted by Crippen LogP contribution is -2.47. The molecule has 1 aromatic heterocycles. The fourth-order valence-electron chi connectivity index (χ4n) is 2.75. The highest BCUT2D eigenvalue weighted by atomic mass is 19.4. The third-order valence-corrected chi connectivity index (χ3v) is 4.31. The van der Waals surface area contributed by atoms with Crippen LogP contribution in [0.25, 0.3) is 5.69 Å². The first-order chi connectivity index (χ1) is 10.8. The van der Waals surface area contributed by atoms with Crippen LogP contribution in [0.4, 0.5) is 13.2 Å². The van der Waals surface area contributed by atoms with Crippen LogP contribution in [0.15, 0.2) is 36.5 Å². The average Bonchev–Trinajstić information content (AvgIpc) is 3.14. The number of β-amino-alcohol motifs (C(OH)–C–C–N with tert-alkyl or cyclic N) is 1. The zero-order valence-corrected chi connectivity index (χ0v) is 12.5. The maximum atomic E-state index is 12.9. The molecule has 1 aromatic carbocycles. The van der Waals surface area contributed by atoms with Gasteiger partial charge in [-0.25, -0.2) is 4.68 Å². The van der Waals surface area contributed by atoms with E-state index in [1.807, 2.05) is 30.3 Å². The molecule has 0 amide bonds. The van der Waals surface area contributed by atoms with Crippen LogP contribution in [0.1, 0.15) is 25.1 Å². The molecular weight excluding hydrogens is 309 g/mol. The van der Waals surface area contributed by atoms with E-state index in [4.69, 9.17) is 0 Å². The van der Waals surface area contributed by atoms with Gasteiger partial charge in [0.1, 0.15) is 0 Å². The van der Waals surface area contributed by atoms with Gasteiger partial charge in [0, 0.05) is 13.1 Å². The van der Waals surface area contributed by atoms with Gasteiger partial charge in [-0.05, 0) is 25.5 Å². The van der Waals surface area contributed by atoms with E-state index in [1.165, 1.54) is 0 Å². The van der Waals surface area contributed by atoms with Crippen molar-refractivity contribution < 1.29 is 18.3 Å². The molecule has 0 saturated carbocycles. The molecule has 1 N–H and O–H groups in total. The molecule has 0 spiro atoms. The molecule has 124 valence electrons. The molecule has 0 radical (unpaired) electrons. The Bertz CT molecular complexity index is 673. The third-order valence-electron chi connectivity index (χ3n) is 4.31. The Hall–Kier alpha value is -1.93. The van der Waals surface area contributed by atoms with E-state index in [0.29, 0.717) is 5.69 Å². The van der Waals surface area contributed by atoms with Crippen molar-refractivity contribution in [2.24, 2.45) is 0 Å². The molecule has 1 aliphatic heterocycles. The van der Waals surface area contributed by atoms with Crippen LogP contribution >= 0.6 is 0 Å². The molecular formula is C15H17F3N4O. The van der Waals surface area contributed by atoms with Crippen LogP contribution in [0, 0.1) is 0 Å². The Kier molecular flexibility index (Phi) is 3.89. The van der Waals surface area contributed by atoms with Gasteiger partial charge in [-0.2, -0.15) is 13.2 Å². The summed E-state index contributed by atoms with van der Waals surface area (Å²) < 4.78 is 40.3. The number of likely N-dealkylation sites (tertiary alicyclic amines) is 1. The molecule has 0 unspecified atom stereocenters. The Balaban J connectivity index is 1.75. The van der Waals surface area contributed by atoms with Crippen molar-refractivity contribution in [3.05, 3.63) is 42.2 Å². The van der Waals surface area contributed by atoms with E-state index in [2.05, 4.69) is 10.3 Å². The van der Waals surface area contributed by atoms with Gasteiger partial charge in [-0.3, -0.25) is 4.90 Å². The van der Waals surface area contributed by atoms with Gasteiger partial charge in [0.05, 0.1) is 23.6 Å². The van der Waals surface area contributed by atoms with Gasteiger partial charge < -0.3 is 5.11 Å². The van der Waals surface area contributed by atoms with E-state index in [0.717, 1.165) is 5.69 Å². The van der Waals surface area contributed by atoms with Crippen molar-refractivity contribution in [3.8, 4) is 5.69 Å². The molecule has 5 nitrogen and oxygen atoms in total. The summed E-state index contributed by atoms with van der Waals surface area (Å²) in [4.78, 5) is 1.58. The number of para-hydroxylation sites is 1. The SMILES string of the molecule is C[C@@H](c1cn(-c2ccccc2)nn1)N1CC[C@](O)(C(F)(F)F)C1. The maximum absolute atomic E-state index is 12.9. The second-order valence-electron chi connectivity index (χ2n) is 5.85. The first-order valence-corrected chi connectivity index (χ1v) is 7.31. The fraction of sp³-hybridized carbons (Fsp3) is 0.467. The first-order valence-electron chi connectivity index (χ1n) is 7.31. The number of nitrogens with zero attached hydrogens (tertiary/aromatic N) is 4. The monoisotopic (exact) mass is 326 g/mol. The average molecular weight is 326 g/mol. The zero-order valence-electron chi connectivity index (χ0n) is 12.5.